The second-order valence-electron chi connectivity index (χ2n) is 5.48. The van der Waals surface area contributed by atoms with Crippen molar-refractivity contribution < 1.29 is 14.3 Å². The van der Waals surface area contributed by atoms with Crippen molar-refractivity contribution in [1.29, 1.82) is 0 Å². The van der Waals surface area contributed by atoms with Crippen LogP contribution in [0.5, 0.6) is 0 Å². The predicted octanol–water partition coefficient (Wildman–Crippen LogP) is 2.79. The number of ether oxygens (including phenoxy) is 2. The zero-order chi connectivity index (χ0) is 15.1. The zero-order valence-electron chi connectivity index (χ0n) is 13.0. The molecule has 1 aromatic rings. The predicted molar refractivity (Wildman–Crippen MR) is 82.0 cm³/mol. The van der Waals surface area contributed by atoms with Gasteiger partial charge in [0.1, 0.15) is 6.04 Å². The van der Waals surface area contributed by atoms with Crippen molar-refractivity contribution in [2.45, 2.75) is 38.3 Å². The van der Waals surface area contributed by atoms with Crippen molar-refractivity contribution in [1.82, 2.24) is 4.90 Å². The Balaban J connectivity index is 1.91. The molecule has 0 amide bonds. The van der Waals surface area contributed by atoms with Crippen LogP contribution in [-0.2, 0) is 14.3 Å². The number of carbonyl (C=O) groups is 1. The van der Waals surface area contributed by atoms with Crippen LogP contribution in [0.15, 0.2) is 30.3 Å². The fourth-order valence-electron chi connectivity index (χ4n) is 2.63. The molecule has 0 aromatic heterocycles. The summed E-state index contributed by atoms with van der Waals surface area (Å²) in [5.74, 6) is -0.177. The molecule has 2 rings (SSSR count). The fraction of sp³-hybridized carbons (Fsp3) is 0.588. The van der Waals surface area contributed by atoms with E-state index in [-0.39, 0.29) is 18.1 Å². The Hall–Kier alpha value is -1.39. The maximum Gasteiger partial charge on any atom is 0.328 e. The van der Waals surface area contributed by atoms with Gasteiger partial charge in [0.05, 0.1) is 12.7 Å². The van der Waals surface area contributed by atoms with Gasteiger partial charge in [0.2, 0.25) is 0 Å². The third-order valence-corrected chi connectivity index (χ3v) is 3.99. The molecule has 21 heavy (non-hydrogen) atoms. The van der Waals surface area contributed by atoms with Gasteiger partial charge >= 0.3 is 5.97 Å². The second-order valence-corrected chi connectivity index (χ2v) is 5.48. The minimum Gasteiger partial charge on any atom is -0.464 e. The lowest BCUT2D eigenvalue weighted by Crippen LogP contribution is -2.32. The van der Waals surface area contributed by atoms with Crippen LogP contribution in [0.1, 0.15) is 37.8 Å². The Morgan fingerprint density at radius 1 is 1.43 bits per heavy atom. The Morgan fingerprint density at radius 3 is 2.81 bits per heavy atom. The smallest absolute Gasteiger partial charge is 0.328 e. The number of benzene rings is 1. The first-order valence-corrected chi connectivity index (χ1v) is 7.75. The van der Waals surface area contributed by atoms with Gasteiger partial charge in [-0.3, -0.25) is 4.90 Å². The van der Waals surface area contributed by atoms with Gasteiger partial charge in [0, 0.05) is 13.0 Å². The average molecular weight is 291 g/mol. The summed E-state index contributed by atoms with van der Waals surface area (Å²) in [5.41, 5.74) is 0.976. The summed E-state index contributed by atoms with van der Waals surface area (Å²) in [5, 5.41) is 0. The van der Waals surface area contributed by atoms with Gasteiger partial charge in [-0.2, -0.15) is 0 Å². The maximum absolute atomic E-state index is 12.4. The van der Waals surface area contributed by atoms with Crippen molar-refractivity contribution in [3.63, 3.8) is 0 Å². The van der Waals surface area contributed by atoms with E-state index in [1.54, 1.807) is 0 Å². The van der Waals surface area contributed by atoms with Crippen LogP contribution in [0.2, 0.25) is 0 Å². The molecule has 4 nitrogen and oxygen atoms in total. The largest absolute Gasteiger partial charge is 0.464 e. The van der Waals surface area contributed by atoms with E-state index in [1.165, 1.54) is 0 Å². The molecule has 4 heteroatoms. The maximum atomic E-state index is 12.4. The van der Waals surface area contributed by atoms with Crippen LogP contribution in [0.4, 0.5) is 0 Å². The van der Waals surface area contributed by atoms with E-state index in [1.807, 2.05) is 49.2 Å². The standard InChI is InChI=1S/C17H25NO3/c1-3-18(2)16(14-8-5-4-6-9-14)17(19)21-13-11-15-10-7-12-20-15/h4-6,8-9,15-16H,3,7,10-13H2,1-2H3/t15-,16+/m1/s1. The van der Waals surface area contributed by atoms with Gasteiger partial charge in [-0.05, 0) is 32.0 Å². The molecule has 0 saturated carbocycles. The first-order chi connectivity index (χ1) is 10.2. The molecule has 1 aromatic carbocycles. The van der Waals surface area contributed by atoms with Gasteiger partial charge in [-0.25, -0.2) is 4.79 Å². The molecule has 1 aliphatic heterocycles. The highest BCUT2D eigenvalue weighted by atomic mass is 16.5. The molecule has 0 aliphatic carbocycles. The summed E-state index contributed by atoms with van der Waals surface area (Å²) in [4.78, 5) is 14.4. The van der Waals surface area contributed by atoms with E-state index in [0.29, 0.717) is 6.61 Å². The van der Waals surface area contributed by atoms with E-state index >= 15 is 0 Å². The number of carbonyl (C=O) groups excluding carboxylic acids is 1. The molecule has 2 atom stereocenters. The molecule has 1 heterocycles. The van der Waals surface area contributed by atoms with E-state index in [2.05, 4.69) is 0 Å². The van der Waals surface area contributed by atoms with Crippen molar-refractivity contribution >= 4 is 5.97 Å². The van der Waals surface area contributed by atoms with E-state index in [9.17, 15) is 4.79 Å². The normalized spacial score (nSPS) is 19.7. The van der Waals surface area contributed by atoms with Gasteiger partial charge in [0.25, 0.3) is 0 Å². The first kappa shape index (κ1) is 16.0. The molecule has 1 aliphatic rings. The number of likely N-dealkylation sites (N-methyl/N-ethyl adjacent to an activating group) is 1. The highest BCUT2D eigenvalue weighted by Gasteiger charge is 2.26. The van der Waals surface area contributed by atoms with Gasteiger partial charge in [0.15, 0.2) is 0 Å². The first-order valence-electron chi connectivity index (χ1n) is 7.75. The summed E-state index contributed by atoms with van der Waals surface area (Å²) in [6.07, 6.45) is 3.25. The lowest BCUT2D eigenvalue weighted by Gasteiger charge is -2.25. The third-order valence-electron chi connectivity index (χ3n) is 3.99. The van der Waals surface area contributed by atoms with E-state index in [4.69, 9.17) is 9.47 Å². The molecule has 0 radical (unpaired) electrons. The van der Waals surface area contributed by atoms with Crippen LogP contribution < -0.4 is 0 Å². The minimum absolute atomic E-state index is 0.177. The summed E-state index contributed by atoms with van der Waals surface area (Å²) in [6, 6.07) is 9.46. The Bertz CT molecular complexity index is 429. The lowest BCUT2D eigenvalue weighted by atomic mass is 10.1. The highest BCUT2D eigenvalue weighted by molar-refractivity contribution is 5.77. The molecule has 116 valence electrons. The summed E-state index contributed by atoms with van der Waals surface area (Å²) < 4.78 is 11.0. The summed E-state index contributed by atoms with van der Waals surface area (Å²) >= 11 is 0. The Morgan fingerprint density at radius 2 is 2.19 bits per heavy atom. The van der Waals surface area contributed by atoms with Crippen molar-refractivity contribution in [2.75, 3.05) is 26.8 Å². The summed E-state index contributed by atoms with van der Waals surface area (Å²) in [7, 11) is 1.94. The topological polar surface area (TPSA) is 38.8 Å². The lowest BCUT2D eigenvalue weighted by molar-refractivity contribution is -0.150. The second kappa shape index (κ2) is 8.15. The highest BCUT2D eigenvalue weighted by Crippen LogP contribution is 2.21. The number of rotatable bonds is 7. The molecule has 1 fully saturated rings. The average Bonchev–Trinajstić information content (AvgIpc) is 3.01. The van der Waals surface area contributed by atoms with Crippen molar-refractivity contribution in [2.24, 2.45) is 0 Å². The van der Waals surface area contributed by atoms with E-state index < -0.39 is 0 Å². The van der Waals surface area contributed by atoms with Gasteiger partial charge in [-0.15, -0.1) is 0 Å². The Labute approximate surface area is 127 Å². The Kier molecular flexibility index (Phi) is 6.21. The van der Waals surface area contributed by atoms with Gasteiger partial charge < -0.3 is 9.47 Å². The minimum atomic E-state index is -0.333. The van der Waals surface area contributed by atoms with E-state index in [0.717, 1.165) is 38.0 Å². The SMILES string of the molecule is CCN(C)[C@H](C(=O)OCC[C@H]1CCCO1)c1ccccc1. The molecule has 0 N–H and O–H groups in total. The molecule has 0 unspecified atom stereocenters. The molecule has 1 saturated heterocycles. The van der Waals surface area contributed by atoms with Gasteiger partial charge in [-0.1, -0.05) is 37.3 Å². The molecule has 0 bridgehead atoms. The van der Waals surface area contributed by atoms with Crippen LogP contribution in [0.3, 0.4) is 0 Å². The van der Waals surface area contributed by atoms with Crippen LogP contribution >= 0.6 is 0 Å². The summed E-state index contributed by atoms with van der Waals surface area (Å²) in [6.45, 7) is 4.10. The number of hydrogen-bond donors (Lipinski definition) is 0. The number of hydrogen-bond acceptors (Lipinski definition) is 4. The monoisotopic (exact) mass is 291 g/mol. The molecular formula is C17H25NO3. The van der Waals surface area contributed by atoms with Crippen molar-refractivity contribution in [3.8, 4) is 0 Å². The van der Waals surface area contributed by atoms with Crippen LogP contribution in [0.25, 0.3) is 0 Å². The zero-order valence-corrected chi connectivity index (χ0v) is 13.0. The molecule has 0 spiro atoms. The van der Waals surface area contributed by atoms with Crippen LogP contribution in [-0.4, -0.2) is 43.8 Å². The third kappa shape index (κ3) is 4.55. The number of nitrogens with zero attached hydrogens (tertiary/aromatic N) is 1. The number of esters is 1. The fourth-order valence-corrected chi connectivity index (χ4v) is 2.63. The van der Waals surface area contributed by atoms with Crippen molar-refractivity contribution in [3.05, 3.63) is 35.9 Å². The van der Waals surface area contributed by atoms with Crippen LogP contribution in [0, 0.1) is 0 Å². The molecular weight excluding hydrogens is 266 g/mol. The quantitative estimate of drug-likeness (QED) is 0.724.